The molecule has 1 fully saturated rings. The Morgan fingerprint density at radius 3 is 2.50 bits per heavy atom. The predicted molar refractivity (Wildman–Crippen MR) is 68.4 cm³/mol. The van der Waals surface area contributed by atoms with E-state index in [1.807, 2.05) is 30.3 Å². The predicted octanol–water partition coefficient (Wildman–Crippen LogP) is 3.06. The van der Waals surface area contributed by atoms with Gasteiger partial charge >= 0.3 is 6.18 Å². The molecule has 1 N–H and O–H groups in total. The third-order valence-electron chi connectivity index (χ3n) is 3.58. The molecule has 20 heavy (non-hydrogen) atoms. The molecule has 0 unspecified atom stereocenters. The van der Waals surface area contributed by atoms with E-state index in [0.717, 1.165) is 11.3 Å². The summed E-state index contributed by atoms with van der Waals surface area (Å²) in [5, 5.41) is 6.78. The number of hydrogen-bond donors (Lipinski definition) is 1. The van der Waals surface area contributed by atoms with Gasteiger partial charge in [0, 0.05) is 18.3 Å². The zero-order valence-electron chi connectivity index (χ0n) is 10.7. The molecule has 1 aromatic heterocycles. The number of benzene rings is 1. The van der Waals surface area contributed by atoms with Crippen LogP contribution in [0.2, 0.25) is 0 Å². The van der Waals surface area contributed by atoms with E-state index in [1.54, 1.807) is 17.1 Å². The summed E-state index contributed by atoms with van der Waals surface area (Å²) in [6.45, 7) is 0.173. The molecule has 0 amide bonds. The first kappa shape index (κ1) is 13.2. The molecule has 0 aliphatic heterocycles. The summed E-state index contributed by atoms with van der Waals surface area (Å²) in [7, 11) is 0. The Labute approximate surface area is 114 Å². The summed E-state index contributed by atoms with van der Waals surface area (Å²) < 4.78 is 40.0. The Hall–Kier alpha value is -1.82. The lowest BCUT2D eigenvalue weighted by Crippen LogP contribution is -2.44. The fourth-order valence-electron chi connectivity index (χ4n) is 2.13. The first-order valence-corrected chi connectivity index (χ1v) is 6.41. The van der Waals surface area contributed by atoms with Crippen LogP contribution in [0.4, 0.5) is 13.2 Å². The van der Waals surface area contributed by atoms with Gasteiger partial charge in [-0.15, -0.1) is 0 Å². The van der Waals surface area contributed by atoms with E-state index in [1.165, 1.54) is 0 Å². The fourth-order valence-corrected chi connectivity index (χ4v) is 2.13. The molecule has 1 heterocycles. The van der Waals surface area contributed by atoms with Crippen LogP contribution in [-0.4, -0.2) is 21.5 Å². The van der Waals surface area contributed by atoms with E-state index >= 15 is 0 Å². The second-order valence-electron chi connectivity index (χ2n) is 5.06. The molecule has 1 saturated carbocycles. The van der Waals surface area contributed by atoms with Crippen molar-refractivity contribution < 1.29 is 13.2 Å². The molecule has 1 aromatic carbocycles. The average Bonchev–Trinajstić information content (AvgIpc) is 3.09. The van der Waals surface area contributed by atoms with Crippen molar-refractivity contribution in [1.29, 1.82) is 0 Å². The molecule has 6 heteroatoms. The van der Waals surface area contributed by atoms with Gasteiger partial charge in [-0.2, -0.15) is 18.3 Å². The SMILES string of the molecule is FC(F)(F)C1(NCc2cnn(-c3ccccc3)c2)CC1. The van der Waals surface area contributed by atoms with E-state index in [0.29, 0.717) is 0 Å². The zero-order chi connectivity index (χ0) is 14.2. The Bertz CT molecular complexity index is 585. The third-order valence-corrected chi connectivity index (χ3v) is 3.58. The lowest BCUT2D eigenvalue weighted by molar-refractivity contribution is -0.166. The van der Waals surface area contributed by atoms with E-state index < -0.39 is 11.7 Å². The quantitative estimate of drug-likeness (QED) is 0.933. The third kappa shape index (κ3) is 2.43. The van der Waals surface area contributed by atoms with Crippen LogP contribution in [0.25, 0.3) is 5.69 Å². The number of alkyl halides is 3. The van der Waals surface area contributed by atoms with Crippen LogP contribution >= 0.6 is 0 Å². The summed E-state index contributed by atoms with van der Waals surface area (Å²) in [5.74, 6) is 0. The molecule has 3 nitrogen and oxygen atoms in total. The van der Waals surface area contributed by atoms with Crippen molar-refractivity contribution in [3.05, 3.63) is 48.3 Å². The maximum Gasteiger partial charge on any atom is 0.406 e. The molecule has 1 aliphatic carbocycles. The lowest BCUT2D eigenvalue weighted by Gasteiger charge is -2.20. The molecule has 2 aromatic rings. The molecule has 0 bridgehead atoms. The molecule has 0 radical (unpaired) electrons. The smallest absolute Gasteiger partial charge is 0.299 e. The van der Waals surface area contributed by atoms with Gasteiger partial charge in [-0.3, -0.25) is 5.32 Å². The van der Waals surface area contributed by atoms with Crippen molar-refractivity contribution in [3.8, 4) is 5.69 Å². The van der Waals surface area contributed by atoms with Crippen LogP contribution in [-0.2, 0) is 6.54 Å². The Morgan fingerprint density at radius 2 is 1.90 bits per heavy atom. The van der Waals surface area contributed by atoms with E-state index in [-0.39, 0.29) is 19.4 Å². The monoisotopic (exact) mass is 281 g/mol. The Balaban J connectivity index is 1.67. The molecule has 3 rings (SSSR count). The minimum atomic E-state index is -4.18. The van der Waals surface area contributed by atoms with Gasteiger partial charge in [-0.25, -0.2) is 4.68 Å². The number of halogens is 3. The molecule has 0 atom stereocenters. The maximum absolute atomic E-state index is 12.8. The van der Waals surface area contributed by atoms with Gasteiger partial charge in [0.1, 0.15) is 5.54 Å². The number of nitrogens with zero attached hydrogens (tertiary/aromatic N) is 2. The standard InChI is InChI=1S/C14H14F3N3/c15-14(16,17)13(6-7-13)18-8-11-9-19-20(10-11)12-4-2-1-3-5-12/h1-5,9-10,18H,6-8H2. The van der Waals surface area contributed by atoms with E-state index in [2.05, 4.69) is 10.4 Å². The second-order valence-corrected chi connectivity index (χ2v) is 5.06. The molecular formula is C14H14F3N3. The average molecular weight is 281 g/mol. The summed E-state index contributed by atoms with van der Waals surface area (Å²) in [4.78, 5) is 0. The van der Waals surface area contributed by atoms with Gasteiger partial charge in [-0.1, -0.05) is 18.2 Å². The topological polar surface area (TPSA) is 29.9 Å². The Kier molecular flexibility index (Phi) is 3.05. The normalized spacial score (nSPS) is 17.1. The van der Waals surface area contributed by atoms with Crippen molar-refractivity contribution in [2.45, 2.75) is 31.1 Å². The van der Waals surface area contributed by atoms with Gasteiger partial charge in [0.15, 0.2) is 0 Å². The zero-order valence-corrected chi connectivity index (χ0v) is 10.7. The second kappa shape index (κ2) is 4.63. The van der Waals surface area contributed by atoms with Crippen molar-refractivity contribution in [3.63, 3.8) is 0 Å². The fraction of sp³-hybridized carbons (Fsp3) is 0.357. The van der Waals surface area contributed by atoms with Crippen molar-refractivity contribution >= 4 is 0 Å². The first-order valence-electron chi connectivity index (χ1n) is 6.41. The van der Waals surface area contributed by atoms with Crippen LogP contribution in [0, 0.1) is 0 Å². The van der Waals surface area contributed by atoms with Gasteiger partial charge in [0.25, 0.3) is 0 Å². The van der Waals surface area contributed by atoms with Gasteiger partial charge < -0.3 is 0 Å². The van der Waals surface area contributed by atoms with Gasteiger partial charge in [-0.05, 0) is 25.0 Å². The number of aromatic nitrogens is 2. The van der Waals surface area contributed by atoms with Crippen molar-refractivity contribution in [1.82, 2.24) is 15.1 Å². The van der Waals surface area contributed by atoms with E-state index in [9.17, 15) is 13.2 Å². The minimum Gasteiger partial charge on any atom is -0.299 e. The highest BCUT2D eigenvalue weighted by molar-refractivity contribution is 5.31. The number of hydrogen-bond acceptors (Lipinski definition) is 2. The highest BCUT2D eigenvalue weighted by Gasteiger charge is 2.62. The van der Waals surface area contributed by atoms with Crippen LogP contribution in [0.15, 0.2) is 42.7 Å². The summed E-state index contributed by atoms with van der Waals surface area (Å²) in [6, 6.07) is 9.45. The van der Waals surface area contributed by atoms with Crippen LogP contribution in [0.5, 0.6) is 0 Å². The molecular weight excluding hydrogens is 267 g/mol. The number of para-hydroxylation sites is 1. The molecule has 1 aliphatic rings. The number of nitrogens with one attached hydrogen (secondary N) is 1. The molecule has 0 saturated heterocycles. The van der Waals surface area contributed by atoms with Crippen molar-refractivity contribution in [2.75, 3.05) is 0 Å². The van der Waals surface area contributed by atoms with Crippen LogP contribution < -0.4 is 5.32 Å². The van der Waals surface area contributed by atoms with E-state index in [4.69, 9.17) is 0 Å². The maximum atomic E-state index is 12.8. The summed E-state index contributed by atoms with van der Waals surface area (Å²) in [6.07, 6.45) is -0.531. The molecule has 0 spiro atoms. The summed E-state index contributed by atoms with van der Waals surface area (Å²) in [5.41, 5.74) is -0.0536. The highest BCUT2D eigenvalue weighted by atomic mass is 19.4. The largest absolute Gasteiger partial charge is 0.406 e. The van der Waals surface area contributed by atoms with Gasteiger partial charge in [0.2, 0.25) is 0 Å². The minimum absolute atomic E-state index is 0.156. The van der Waals surface area contributed by atoms with Crippen molar-refractivity contribution in [2.24, 2.45) is 0 Å². The highest BCUT2D eigenvalue weighted by Crippen LogP contribution is 2.49. The number of rotatable bonds is 4. The van der Waals surface area contributed by atoms with Gasteiger partial charge in [0.05, 0.1) is 11.9 Å². The lowest BCUT2D eigenvalue weighted by atomic mass is 10.2. The van der Waals surface area contributed by atoms with Crippen LogP contribution in [0.1, 0.15) is 18.4 Å². The molecule has 106 valence electrons. The summed E-state index contributed by atoms with van der Waals surface area (Å²) >= 11 is 0. The van der Waals surface area contributed by atoms with Crippen LogP contribution in [0.3, 0.4) is 0 Å². The Morgan fingerprint density at radius 1 is 1.20 bits per heavy atom. The first-order chi connectivity index (χ1) is 9.50.